The Morgan fingerprint density at radius 2 is 1.69 bits per heavy atom. The zero-order chi connectivity index (χ0) is 34.2. The first-order chi connectivity index (χ1) is 23.5. The third-order valence-corrected chi connectivity index (χ3v) is 11.6. The van der Waals surface area contributed by atoms with Gasteiger partial charge in [0, 0.05) is 49.9 Å². The van der Waals surface area contributed by atoms with E-state index in [9.17, 15) is 14.4 Å². The number of benzene rings is 3. The van der Waals surface area contributed by atoms with Gasteiger partial charge in [-0.15, -0.1) is 0 Å². The maximum Gasteiger partial charge on any atom is 0.282 e. The van der Waals surface area contributed by atoms with Crippen LogP contribution < -0.4 is 15.8 Å². The Morgan fingerprint density at radius 1 is 0.939 bits per heavy atom. The molecule has 3 atom stereocenters. The Hall–Kier alpha value is -4.15. The van der Waals surface area contributed by atoms with Gasteiger partial charge in [0.15, 0.2) is 0 Å². The van der Waals surface area contributed by atoms with Crippen LogP contribution in [0, 0.1) is 11.6 Å². The number of fused-ring (bicyclic) bond motifs is 5. The first kappa shape index (κ1) is 32.1. The van der Waals surface area contributed by atoms with E-state index >= 15 is 8.78 Å². The van der Waals surface area contributed by atoms with Crippen molar-refractivity contribution < 1.29 is 18.4 Å². The summed E-state index contributed by atoms with van der Waals surface area (Å²) in [6, 6.07) is 15.3. The number of anilines is 1. The number of hydrogen-bond donors (Lipinski definition) is 1. The molecule has 2 amide bonds. The number of aromatic nitrogens is 2. The molecule has 0 radical (unpaired) electrons. The molecule has 2 saturated heterocycles. The van der Waals surface area contributed by atoms with Gasteiger partial charge in [-0.25, -0.2) is 8.78 Å². The van der Waals surface area contributed by atoms with E-state index in [0.29, 0.717) is 41.1 Å². The van der Waals surface area contributed by atoms with Crippen molar-refractivity contribution in [1.29, 1.82) is 0 Å². The molecule has 4 aromatic rings. The maximum atomic E-state index is 15.2. The highest BCUT2D eigenvalue weighted by Crippen LogP contribution is 2.46. The molecule has 1 unspecified atom stereocenters. The minimum absolute atomic E-state index is 0.0622. The van der Waals surface area contributed by atoms with E-state index in [1.807, 2.05) is 17.0 Å². The zero-order valence-electron chi connectivity index (χ0n) is 27.6. The SMILES string of the molecule is CC1(C)c2cc([C@H]3CCC[C@@H](N4CCN(c5cc(F)c(C6CCC(=O)NC6=O)c(F)c5)CC4)C3)ccc2-n2c1nc(=O)c1c(Cl)cccc12. The molecule has 1 aromatic heterocycles. The minimum Gasteiger partial charge on any atom is -0.369 e. The Labute approximate surface area is 288 Å². The van der Waals surface area contributed by atoms with Crippen molar-refractivity contribution in [1.82, 2.24) is 19.8 Å². The average Bonchev–Trinajstić information content (AvgIpc) is 3.31. The van der Waals surface area contributed by atoms with Crippen molar-refractivity contribution in [3.8, 4) is 5.69 Å². The second kappa shape index (κ2) is 12.0. The van der Waals surface area contributed by atoms with E-state index < -0.39 is 34.8 Å². The van der Waals surface area contributed by atoms with Gasteiger partial charge in [0.2, 0.25) is 11.8 Å². The monoisotopic (exact) mass is 685 g/mol. The highest BCUT2D eigenvalue weighted by molar-refractivity contribution is 6.35. The van der Waals surface area contributed by atoms with Crippen LogP contribution in [0.1, 0.15) is 86.7 Å². The first-order valence-corrected chi connectivity index (χ1v) is 17.6. The summed E-state index contributed by atoms with van der Waals surface area (Å²) >= 11 is 6.45. The lowest BCUT2D eigenvalue weighted by molar-refractivity contribution is -0.134. The molecule has 49 heavy (non-hydrogen) atoms. The van der Waals surface area contributed by atoms with Gasteiger partial charge >= 0.3 is 0 Å². The molecular formula is C38H38ClF2N5O3. The molecule has 1 N–H and O–H groups in total. The van der Waals surface area contributed by atoms with E-state index in [1.165, 1.54) is 17.7 Å². The number of nitrogens with one attached hydrogen (secondary N) is 1. The van der Waals surface area contributed by atoms with Gasteiger partial charge in [0.05, 0.1) is 32.9 Å². The second-order valence-electron chi connectivity index (χ2n) is 14.5. The molecule has 4 aliphatic rings. The molecule has 8 nitrogen and oxygen atoms in total. The predicted molar refractivity (Wildman–Crippen MR) is 185 cm³/mol. The molecule has 0 bridgehead atoms. The van der Waals surface area contributed by atoms with Crippen LogP contribution >= 0.6 is 11.6 Å². The molecule has 1 aliphatic carbocycles. The molecular weight excluding hydrogens is 648 g/mol. The predicted octanol–water partition coefficient (Wildman–Crippen LogP) is 6.33. The minimum atomic E-state index is -1.00. The Balaban J connectivity index is 0.973. The number of nitrogens with zero attached hydrogens (tertiary/aromatic N) is 4. The van der Waals surface area contributed by atoms with E-state index in [4.69, 9.17) is 11.6 Å². The Kier molecular flexibility index (Phi) is 7.87. The van der Waals surface area contributed by atoms with Crippen LogP contribution in [0.3, 0.4) is 0 Å². The van der Waals surface area contributed by atoms with Gasteiger partial charge in [0.25, 0.3) is 5.56 Å². The quantitative estimate of drug-likeness (QED) is 0.253. The van der Waals surface area contributed by atoms with Crippen molar-refractivity contribution in [3.63, 3.8) is 0 Å². The van der Waals surface area contributed by atoms with Crippen molar-refractivity contribution in [2.24, 2.45) is 0 Å². The maximum absolute atomic E-state index is 15.2. The van der Waals surface area contributed by atoms with Crippen LogP contribution in [-0.4, -0.2) is 58.5 Å². The number of rotatable bonds is 4. The topological polar surface area (TPSA) is 87.5 Å². The molecule has 4 heterocycles. The highest BCUT2D eigenvalue weighted by Gasteiger charge is 2.40. The molecule has 8 rings (SSSR count). The van der Waals surface area contributed by atoms with Crippen molar-refractivity contribution in [2.45, 2.75) is 75.7 Å². The van der Waals surface area contributed by atoms with Crippen LogP contribution in [0.2, 0.25) is 5.02 Å². The molecule has 3 aromatic carbocycles. The van der Waals surface area contributed by atoms with E-state index in [-0.39, 0.29) is 24.0 Å². The van der Waals surface area contributed by atoms with Crippen LogP contribution in [0.15, 0.2) is 53.3 Å². The summed E-state index contributed by atoms with van der Waals surface area (Å²) in [7, 11) is 0. The van der Waals surface area contributed by atoms with Gasteiger partial charge in [-0.3, -0.25) is 29.2 Å². The van der Waals surface area contributed by atoms with Crippen LogP contribution in [0.4, 0.5) is 14.5 Å². The first-order valence-electron chi connectivity index (χ1n) is 17.2. The fraction of sp³-hybridized carbons (Fsp3) is 0.421. The van der Waals surface area contributed by atoms with Crippen LogP contribution in [0.25, 0.3) is 16.6 Å². The molecule has 0 spiro atoms. The fourth-order valence-corrected chi connectivity index (χ4v) is 8.96. The number of amides is 2. The lowest BCUT2D eigenvalue weighted by Crippen LogP contribution is -2.51. The largest absolute Gasteiger partial charge is 0.369 e. The van der Waals surface area contributed by atoms with E-state index in [2.05, 4.69) is 51.8 Å². The number of piperazine rings is 1. The zero-order valence-corrected chi connectivity index (χ0v) is 28.3. The average molecular weight is 686 g/mol. The smallest absolute Gasteiger partial charge is 0.282 e. The van der Waals surface area contributed by atoms with Gasteiger partial charge in [-0.1, -0.05) is 36.2 Å². The number of carbonyl (C=O) groups excluding carboxylic acids is 2. The van der Waals surface area contributed by atoms with E-state index in [1.54, 1.807) is 6.07 Å². The molecule has 1 saturated carbocycles. The van der Waals surface area contributed by atoms with Gasteiger partial charge in [-0.2, -0.15) is 4.98 Å². The third kappa shape index (κ3) is 5.35. The highest BCUT2D eigenvalue weighted by atomic mass is 35.5. The number of halogens is 3. The van der Waals surface area contributed by atoms with Gasteiger partial charge in [0.1, 0.15) is 17.5 Å². The summed E-state index contributed by atoms with van der Waals surface area (Å²) in [5.41, 5.74) is 3.72. The summed E-state index contributed by atoms with van der Waals surface area (Å²) in [5, 5.41) is 3.04. The van der Waals surface area contributed by atoms with Gasteiger partial charge in [-0.05, 0) is 86.9 Å². The third-order valence-electron chi connectivity index (χ3n) is 11.3. The van der Waals surface area contributed by atoms with Crippen LogP contribution in [-0.2, 0) is 15.0 Å². The standard InChI is InChI=1S/C38H38ClF2N5O3/c1-38(2)26-18-22(9-11-30(26)46-31-8-4-7-27(39)34(31)36(49)43-37(38)46)21-5-3-6-23(17-21)44-13-15-45(16-14-44)24-19-28(40)33(29(41)20-24)25-10-12-32(47)42-35(25)48/h4,7-9,11,18-21,23,25H,3,5-6,10,12-17H2,1-2H3,(H,42,47,48)/t21-,23+,25?/m0/s1. The summed E-state index contributed by atoms with van der Waals surface area (Å²) in [6.07, 6.45) is 4.53. The second-order valence-corrected chi connectivity index (χ2v) is 14.9. The van der Waals surface area contributed by atoms with Gasteiger partial charge < -0.3 is 4.90 Å². The Bertz CT molecular complexity index is 2070. The summed E-state index contributed by atoms with van der Waals surface area (Å²) in [4.78, 5) is 45.9. The summed E-state index contributed by atoms with van der Waals surface area (Å²) in [6.45, 7) is 7.12. The Morgan fingerprint density at radius 3 is 2.43 bits per heavy atom. The summed E-state index contributed by atoms with van der Waals surface area (Å²) < 4.78 is 32.6. The molecule has 11 heteroatoms. The number of carbonyl (C=O) groups is 2. The van der Waals surface area contributed by atoms with Crippen molar-refractivity contribution in [3.05, 3.63) is 98.1 Å². The number of hydrogen-bond acceptors (Lipinski definition) is 6. The molecule has 254 valence electrons. The molecule has 3 aliphatic heterocycles. The van der Waals surface area contributed by atoms with Crippen LogP contribution in [0.5, 0.6) is 0 Å². The number of imide groups is 1. The van der Waals surface area contributed by atoms with Crippen molar-refractivity contribution in [2.75, 3.05) is 31.1 Å². The van der Waals surface area contributed by atoms with Crippen molar-refractivity contribution >= 4 is 40.0 Å². The normalized spacial score (nSPS) is 23.8. The molecule has 3 fully saturated rings. The summed E-state index contributed by atoms with van der Waals surface area (Å²) in [5.74, 6) is -2.45. The lowest BCUT2D eigenvalue weighted by Gasteiger charge is -2.43. The lowest BCUT2D eigenvalue weighted by atomic mass is 9.78. The fourth-order valence-electron chi connectivity index (χ4n) is 8.71. The number of piperidine rings is 1. The van der Waals surface area contributed by atoms with E-state index in [0.717, 1.165) is 61.4 Å².